The number of benzene rings is 1. The van der Waals surface area contributed by atoms with Gasteiger partial charge >= 0.3 is 0 Å². The summed E-state index contributed by atoms with van der Waals surface area (Å²) in [6.45, 7) is 9.43. The molecule has 1 unspecified atom stereocenters. The number of carbonyl (C=O) groups excluding carboxylic acids is 1. The van der Waals surface area contributed by atoms with E-state index in [1.54, 1.807) is 6.92 Å². The molecule has 0 aliphatic carbocycles. The fourth-order valence-electron chi connectivity index (χ4n) is 1.66. The molecule has 0 radical (unpaired) electrons. The molecule has 1 aromatic carbocycles. The minimum absolute atomic E-state index is 0.0907. The standard InChI is InChI=1S/C15H24N2O2/c1-5-16-10-13-7-6-8-14(9-13)19-12(4)15(18)17-11(2)3/h6-9,11-12,16H,5,10H2,1-4H3,(H,17,18). The minimum Gasteiger partial charge on any atom is -0.481 e. The van der Waals surface area contributed by atoms with E-state index >= 15 is 0 Å². The molecule has 2 N–H and O–H groups in total. The van der Waals surface area contributed by atoms with Crippen molar-refractivity contribution in [1.29, 1.82) is 0 Å². The van der Waals surface area contributed by atoms with Crippen molar-refractivity contribution in [3.05, 3.63) is 29.8 Å². The molecular weight excluding hydrogens is 240 g/mol. The molecule has 19 heavy (non-hydrogen) atoms. The van der Waals surface area contributed by atoms with Gasteiger partial charge in [-0.15, -0.1) is 0 Å². The molecule has 0 spiro atoms. The van der Waals surface area contributed by atoms with Gasteiger partial charge in [0.05, 0.1) is 0 Å². The monoisotopic (exact) mass is 264 g/mol. The van der Waals surface area contributed by atoms with Crippen molar-refractivity contribution in [2.75, 3.05) is 6.54 Å². The van der Waals surface area contributed by atoms with Crippen molar-refractivity contribution < 1.29 is 9.53 Å². The molecule has 106 valence electrons. The zero-order valence-electron chi connectivity index (χ0n) is 12.2. The van der Waals surface area contributed by atoms with Crippen LogP contribution in [0.4, 0.5) is 0 Å². The van der Waals surface area contributed by atoms with Crippen molar-refractivity contribution in [3.8, 4) is 5.75 Å². The van der Waals surface area contributed by atoms with Gasteiger partial charge in [-0.25, -0.2) is 0 Å². The van der Waals surface area contributed by atoms with Crippen LogP contribution in [0.2, 0.25) is 0 Å². The first kappa shape index (κ1) is 15.5. The van der Waals surface area contributed by atoms with Crippen molar-refractivity contribution in [2.24, 2.45) is 0 Å². The first-order valence-electron chi connectivity index (χ1n) is 6.79. The van der Waals surface area contributed by atoms with E-state index in [2.05, 4.69) is 17.6 Å². The number of rotatable bonds is 7. The molecule has 0 bridgehead atoms. The SMILES string of the molecule is CCNCc1cccc(OC(C)C(=O)NC(C)C)c1. The van der Waals surface area contributed by atoms with E-state index in [-0.39, 0.29) is 11.9 Å². The molecule has 0 fully saturated rings. The molecule has 0 aromatic heterocycles. The van der Waals surface area contributed by atoms with Gasteiger partial charge in [0.15, 0.2) is 6.10 Å². The molecule has 1 amide bonds. The van der Waals surface area contributed by atoms with E-state index in [1.807, 2.05) is 38.1 Å². The van der Waals surface area contributed by atoms with Crippen LogP contribution in [0.5, 0.6) is 5.75 Å². The maximum absolute atomic E-state index is 11.8. The Morgan fingerprint density at radius 1 is 1.32 bits per heavy atom. The Morgan fingerprint density at radius 3 is 2.68 bits per heavy atom. The normalized spacial score (nSPS) is 12.3. The second-order valence-corrected chi connectivity index (χ2v) is 4.85. The third kappa shape index (κ3) is 5.75. The minimum atomic E-state index is -0.489. The van der Waals surface area contributed by atoms with Gasteiger partial charge in [0.25, 0.3) is 5.91 Å². The molecule has 1 rings (SSSR count). The number of ether oxygens (including phenoxy) is 1. The van der Waals surface area contributed by atoms with E-state index in [0.717, 1.165) is 24.4 Å². The van der Waals surface area contributed by atoms with Gasteiger partial charge in [0.1, 0.15) is 5.75 Å². The van der Waals surface area contributed by atoms with Gasteiger partial charge in [-0.2, -0.15) is 0 Å². The van der Waals surface area contributed by atoms with Crippen LogP contribution in [0.25, 0.3) is 0 Å². The van der Waals surface area contributed by atoms with Crippen LogP contribution >= 0.6 is 0 Å². The predicted octanol–water partition coefficient (Wildman–Crippen LogP) is 2.09. The fourth-order valence-corrected chi connectivity index (χ4v) is 1.66. The average molecular weight is 264 g/mol. The Kier molecular flexibility index (Phi) is 6.36. The summed E-state index contributed by atoms with van der Waals surface area (Å²) in [6.07, 6.45) is -0.489. The van der Waals surface area contributed by atoms with Gasteiger partial charge < -0.3 is 15.4 Å². The number of hydrogen-bond donors (Lipinski definition) is 2. The van der Waals surface area contributed by atoms with E-state index in [9.17, 15) is 4.79 Å². The topological polar surface area (TPSA) is 50.4 Å². The number of carbonyl (C=O) groups is 1. The van der Waals surface area contributed by atoms with E-state index in [0.29, 0.717) is 0 Å². The average Bonchev–Trinajstić information content (AvgIpc) is 2.36. The third-order valence-electron chi connectivity index (χ3n) is 2.59. The summed E-state index contributed by atoms with van der Waals surface area (Å²) < 4.78 is 5.66. The molecule has 4 heteroatoms. The zero-order valence-corrected chi connectivity index (χ0v) is 12.2. The third-order valence-corrected chi connectivity index (χ3v) is 2.59. The molecule has 0 aliphatic heterocycles. The molecule has 4 nitrogen and oxygen atoms in total. The molecule has 0 saturated carbocycles. The van der Waals surface area contributed by atoms with Crippen LogP contribution in [-0.4, -0.2) is 24.6 Å². The Bertz CT molecular complexity index is 405. The zero-order chi connectivity index (χ0) is 14.3. The second kappa shape index (κ2) is 7.79. The van der Waals surface area contributed by atoms with Crippen LogP contribution in [0.15, 0.2) is 24.3 Å². The molecule has 0 saturated heterocycles. The Morgan fingerprint density at radius 2 is 2.05 bits per heavy atom. The Balaban J connectivity index is 2.58. The lowest BCUT2D eigenvalue weighted by Crippen LogP contribution is -2.40. The highest BCUT2D eigenvalue weighted by Gasteiger charge is 2.15. The van der Waals surface area contributed by atoms with Gasteiger partial charge in [0.2, 0.25) is 0 Å². The highest BCUT2D eigenvalue weighted by molar-refractivity contribution is 5.80. The molecule has 1 atom stereocenters. The predicted molar refractivity (Wildman–Crippen MR) is 77.2 cm³/mol. The summed E-state index contributed by atoms with van der Waals surface area (Å²) in [5, 5.41) is 6.09. The van der Waals surface area contributed by atoms with Crippen LogP contribution in [0, 0.1) is 0 Å². The summed E-state index contributed by atoms with van der Waals surface area (Å²) in [4.78, 5) is 11.8. The molecule has 0 aliphatic rings. The van der Waals surface area contributed by atoms with E-state index in [1.165, 1.54) is 0 Å². The number of hydrogen-bond acceptors (Lipinski definition) is 3. The van der Waals surface area contributed by atoms with Crippen LogP contribution in [-0.2, 0) is 11.3 Å². The van der Waals surface area contributed by atoms with Crippen LogP contribution in [0.1, 0.15) is 33.3 Å². The molecular formula is C15H24N2O2. The van der Waals surface area contributed by atoms with Crippen molar-refractivity contribution in [3.63, 3.8) is 0 Å². The summed E-state index contributed by atoms with van der Waals surface area (Å²) in [5.41, 5.74) is 1.15. The van der Waals surface area contributed by atoms with Gasteiger partial charge in [-0.05, 0) is 45.0 Å². The van der Waals surface area contributed by atoms with Crippen LogP contribution in [0.3, 0.4) is 0 Å². The first-order valence-corrected chi connectivity index (χ1v) is 6.79. The Labute approximate surface area is 115 Å². The summed E-state index contributed by atoms with van der Waals surface area (Å²) in [5.74, 6) is 0.633. The van der Waals surface area contributed by atoms with Gasteiger partial charge in [-0.3, -0.25) is 4.79 Å². The van der Waals surface area contributed by atoms with Crippen molar-refractivity contribution in [1.82, 2.24) is 10.6 Å². The quantitative estimate of drug-likeness (QED) is 0.793. The number of nitrogens with one attached hydrogen (secondary N) is 2. The first-order chi connectivity index (χ1) is 9.02. The van der Waals surface area contributed by atoms with E-state index in [4.69, 9.17) is 4.74 Å². The van der Waals surface area contributed by atoms with Crippen molar-refractivity contribution >= 4 is 5.91 Å². The fraction of sp³-hybridized carbons (Fsp3) is 0.533. The highest BCUT2D eigenvalue weighted by Crippen LogP contribution is 2.15. The lowest BCUT2D eigenvalue weighted by Gasteiger charge is -2.17. The van der Waals surface area contributed by atoms with E-state index < -0.39 is 6.10 Å². The van der Waals surface area contributed by atoms with Crippen molar-refractivity contribution in [2.45, 2.75) is 46.4 Å². The molecule has 1 aromatic rings. The second-order valence-electron chi connectivity index (χ2n) is 4.85. The Hall–Kier alpha value is -1.55. The summed E-state index contributed by atoms with van der Waals surface area (Å²) in [6, 6.07) is 7.93. The lowest BCUT2D eigenvalue weighted by molar-refractivity contribution is -0.127. The number of amides is 1. The summed E-state index contributed by atoms with van der Waals surface area (Å²) in [7, 11) is 0. The summed E-state index contributed by atoms with van der Waals surface area (Å²) >= 11 is 0. The smallest absolute Gasteiger partial charge is 0.260 e. The van der Waals surface area contributed by atoms with Gasteiger partial charge in [-0.1, -0.05) is 19.1 Å². The maximum atomic E-state index is 11.8. The lowest BCUT2D eigenvalue weighted by atomic mass is 10.2. The van der Waals surface area contributed by atoms with Gasteiger partial charge in [0, 0.05) is 12.6 Å². The molecule has 0 heterocycles. The van der Waals surface area contributed by atoms with Crippen LogP contribution < -0.4 is 15.4 Å². The highest BCUT2D eigenvalue weighted by atomic mass is 16.5. The maximum Gasteiger partial charge on any atom is 0.260 e. The largest absolute Gasteiger partial charge is 0.481 e.